The van der Waals surface area contributed by atoms with E-state index < -0.39 is 27.4 Å². The van der Waals surface area contributed by atoms with E-state index >= 15 is 0 Å². The normalized spacial score (nSPS) is 29.3. The first-order chi connectivity index (χ1) is 18.2. The SMILES string of the molecule is C=CCCOC(=O)[C@H]1[C@H]2C(=O)N(CCCCCO)C(C(=O)N(CC=C)c3ccc(Cl)cc3)C23CC[C@]1(C)S3. The number of carbonyl (C=O) groups is 3. The molecule has 0 radical (unpaired) electrons. The van der Waals surface area contributed by atoms with Crippen molar-refractivity contribution in [2.24, 2.45) is 11.8 Å². The number of fused-ring (bicyclic) bond motifs is 1. The molecular formula is C29H37ClN2O5S. The summed E-state index contributed by atoms with van der Waals surface area (Å²) in [7, 11) is 0. The van der Waals surface area contributed by atoms with Crippen LogP contribution in [0.1, 0.15) is 45.4 Å². The van der Waals surface area contributed by atoms with Crippen LogP contribution in [0.3, 0.4) is 0 Å². The lowest BCUT2D eigenvalue weighted by molar-refractivity contribution is -0.155. The molecule has 3 fully saturated rings. The molecule has 7 nitrogen and oxygen atoms in total. The molecule has 38 heavy (non-hydrogen) atoms. The highest BCUT2D eigenvalue weighted by atomic mass is 35.5. The highest BCUT2D eigenvalue weighted by Crippen LogP contribution is 2.71. The Balaban J connectivity index is 1.72. The van der Waals surface area contributed by atoms with Gasteiger partial charge >= 0.3 is 5.97 Å². The fourth-order valence-electron chi connectivity index (χ4n) is 6.43. The van der Waals surface area contributed by atoms with Gasteiger partial charge < -0.3 is 19.6 Å². The van der Waals surface area contributed by atoms with Crippen molar-refractivity contribution in [2.75, 3.05) is 31.2 Å². The van der Waals surface area contributed by atoms with E-state index in [4.69, 9.17) is 16.3 Å². The van der Waals surface area contributed by atoms with Crippen molar-refractivity contribution in [3.8, 4) is 0 Å². The molecule has 1 aromatic rings. The molecule has 4 rings (SSSR count). The molecule has 3 heterocycles. The summed E-state index contributed by atoms with van der Waals surface area (Å²) in [4.78, 5) is 45.3. The Morgan fingerprint density at radius 3 is 2.61 bits per heavy atom. The van der Waals surface area contributed by atoms with Crippen LogP contribution in [-0.2, 0) is 19.1 Å². The van der Waals surface area contributed by atoms with Gasteiger partial charge in [-0.25, -0.2) is 0 Å². The van der Waals surface area contributed by atoms with Gasteiger partial charge in [0.2, 0.25) is 5.91 Å². The van der Waals surface area contributed by atoms with E-state index in [-0.39, 0.29) is 37.5 Å². The summed E-state index contributed by atoms with van der Waals surface area (Å²) in [6.07, 6.45) is 7.35. The molecule has 0 saturated carbocycles. The summed E-state index contributed by atoms with van der Waals surface area (Å²) in [6.45, 7) is 10.6. The van der Waals surface area contributed by atoms with Crippen LogP contribution in [0.15, 0.2) is 49.6 Å². The number of amides is 2. The number of anilines is 1. The lowest BCUT2D eigenvalue weighted by Gasteiger charge is -2.37. The molecule has 3 saturated heterocycles. The molecule has 2 unspecified atom stereocenters. The van der Waals surface area contributed by atoms with Crippen LogP contribution in [0, 0.1) is 11.8 Å². The van der Waals surface area contributed by atoms with Crippen molar-refractivity contribution in [3.63, 3.8) is 0 Å². The molecule has 1 N–H and O–H groups in total. The maximum absolute atomic E-state index is 14.5. The lowest BCUT2D eigenvalue weighted by atomic mass is 9.66. The number of esters is 1. The standard InChI is InChI=1S/C29H37ClN2O5S/c1-4-6-19-37-27(36)23-22-25(34)32(17-8-7-9-18-33)24(29(22)15-14-28(23,3)38-29)26(35)31(16-5-2)21-12-10-20(30)11-13-21/h4-5,10-13,22-24,33H,1-2,6-9,14-19H2,3H3/t22-,23+,24?,28-,29?/m0/s1. The first-order valence-corrected chi connectivity index (χ1v) is 14.5. The van der Waals surface area contributed by atoms with Crippen molar-refractivity contribution in [2.45, 2.75) is 61.0 Å². The van der Waals surface area contributed by atoms with E-state index in [1.54, 1.807) is 58.0 Å². The smallest absolute Gasteiger partial charge is 0.311 e. The second kappa shape index (κ2) is 11.8. The summed E-state index contributed by atoms with van der Waals surface area (Å²) in [6, 6.07) is 6.34. The van der Waals surface area contributed by atoms with Crippen molar-refractivity contribution < 1.29 is 24.2 Å². The van der Waals surface area contributed by atoms with Crippen LogP contribution in [0.5, 0.6) is 0 Å². The Labute approximate surface area is 234 Å². The minimum absolute atomic E-state index is 0.0827. The molecule has 9 heteroatoms. The second-order valence-electron chi connectivity index (χ2n) is 10.5. The Morgan fingerprint density at radius 2 is 1.95 bits per heavy atom. The number of unbranched alkanes of at least 4 members (excludes halogenated alkanes) is 2. The molecule has 5 atom stereocenters. The fourth-order valence-corrected chi connectivity index (χ4v) is 8.89. The minimum atomic E-state index is -0.720. The Hall–Kier alpha value is -2.29. The van der Waals surface area contributed by atoms with Crippen LogP contribution in [-0.4, -0.2) is 69.6 Å². The Kier molecular flexibility index (Phi) is 8.95. The zero-order valence-electron chi connectivity index (χ0n) is 21.9. The number of rotatable bonds is 13. The van der Waals surface area contributed by atoms with Gasteiger partial charge in [-0.15, -0.1) is 24.9 Å². The Bertz CT molecular complexity index is 1080. The third kappa shape index (κ3) is 5.03. The van der Waals surface area contributed by atoms with Crippen molar-refractivity contribution >= 4 is 46.8 Å². The molecule has 3 aliphatic heterocycles. The van der Waals surface area contributed by atoms with Gasteiger partial charge in [-0.05, 0) is 69.7 Å². The van der Waals surface area contributed by atoms with Gasteiger partial charge in [0, 0.05) is 35.2 Å². The number of aliphatic hydroxyl groups excluding tert-OH is 1. The quantitative estimate of drug-likeness (QED) is 0.215. The number of carbonyl (C=O) groups excluding carboxylic acids is 3. The van der Waals surface area contributed by atoms with Gasteiger partial charge in [0.25, 0.3) is 5.91 Å². The molecule has 2 amide bonds. The van der Waals surface area contributed by atoms with E-state index in [0.29, 0.717) is 42.9 Å². The number of ether oxygens (including phenoxy) is 1. The van der Waals surface area contributed by atoms with Crippen molar-refractivity contribution in [1.82, 2.24) is 4.90 Å². The molecular weight excluding hydrogens is 524 g/mol. The van der Waals surface area contributed by atoms with Gasteiger partial charge in [0.1, 0.15) is 6.04 Å². The number of halogens is 1. The van der Waals surface area contributed by atoms with Gasteiger partial charge in [0.15, 0.2) is 0 Å². The molecule has 206 valence electrons. The predicted octanol–water partition coefficient (Wildman–Crippen LogP) is 4.62. The Morgan fingerprint density at radius 1 is 1.21 bits per heavy atom. The minimum Gasteiger partial charge on any atom is -0.465 e. The van der Waals surface area contributed by atoms with Crippen molar-refractivity contribution in [1.29, 1.82) is 0 Å². The van der Waals surface area contributed by atoms with Gasteiger partial charge in [-0.1, -0.05) is 23.8 Å². The molecule has 2 bridgehead atoms. The van der Waals surface area contributed by atoms with E-state index in [1.165, 1.54) is 0 Å². The summed E-state index contributed by atoms with van der Waals surface area (Å²) < 4.78 is 4.41. The average Bonchev–Trinajstić information content (AvgIpc) is 3.46. The van der Waals surface area contributed by atoms with Gasteiger partial charge in [-0.3, -0.25) is 14.4 Å². The summed E-state index contributed by atoms with van der Waals surface area (Å²) in [5, 5.41) is 9.80. The third-order valence-electron chi connectivity index (χ3n) is 8.10. The third-order valence-corrected chi connectivity index (χ3v) is 10.3. The number of hydrogen-bond acceptors (Lipinski definition) is 6. The lowest BCUT2D eigenvalue weighted by Crippen LogP contribution is -2.55. The molecule has 3 aliphatic rings. The molecule has 1 spiro atoms. The molecule has 1 aromatic carbocycles. The van der Waals surface area contributed by atoms with Crippen LogP contribution in [0.25, 0.3) is 0 Å². The fraction of sp³-hybridized carbons (Fsp3) is 0.552. The van der Waals surface area contributed by atoms with E-state index in [0.717, 1.165) is 12.8 Å². The molecule has 0 aromatic heterocycles. The van der Waals surface area contributed by atoms with E-state index in [9.17, 15) is 19.5 Å². The second-order valence-corrected chi connectivity index (χ2v) is 12.8. The predicted molar refractivity (Wildman–Crippen MR) is 151 cm³/mol. The van der Waals surface area contributed by atoms with E-state index in [1.807, 2.05) is 6.92 Å². The number of hydrogen-bond donors (Lipinski definition) is 1. The maximum Gasteiger partial charge on any atom is 0.311 e. The summed E-state index contributed by atoms with van der Waals surface area (Å²) in [5.74, 6) is -1.92. The number of aliphatic hydroxyl groups is 1. The summed E-state index contributed by atoms with van der Waals surface area (Å²) in [5.41, 5.74) is 0.677. The maximum atomic E-state index is 14.5. The van der Waals surface area contributed by atoms with Crippen LogP contribution in [0.4, 0.5) is 5.69 Å². The molecule has 0 aliphatic carbocycles. The van der Waals surface area contributed by atoms with E-state index in [2.05, 4.69) is 13.2 Å². The largest absolute Gasteiger partial charge is 0.465 e. The van der Waals surface area contributed by atoms with Crippen LogP contribution < -0.4 is 4.90 Å². The van der Waals surface area contributed by atoms with Crippen molar-refractivity contribution in [3.05, 3.63) is 54.6 Å². The van der Waals surface area contributed by atoms with Gasteiger partial charge in [-0.2, -0.15) is 0 Å². The number of likely N-dealkylation sites (tertiary alicyclic amines) is 1. The average molecular weight is 561 g/mol. The number of benzene rings is 1. The zero-order chi connectivity index (χ0) is 27.5. The first kappa shape index (κ1) is 28.7. The van der Waals surface area contributed by atoms with Crippen LogP contribution >= 0.6 is 23.4 Å². The van der Waals surface area contributed by atoms with Crippen LogP contribution in [0.2, 0.25) is 5.02 Å². The number of thioether (sulfide) groups is 1. The highest BCUT2D eigenvalue weighted by Gasteiger charge is 2.77. The van der Waals surface area contributed by atoms with Gasteiger partial charge in [0.05, 0.1) is 23.2 Å². The monoisotopic (exact) mass is 560 g/mol. The first-order valence-electron chi connectivity index (χ1n) is 13.3. The summed E-state index contributed by atoms with van der Waals surface area (Å²) >= 11 is 7.74. The topological polar surface area (TPSA) is 87.1 Å². The zero-order valence-corrected chi connectivity index (χ0v) is 23.5. The number of nitrogens with zero attached hydrogens (tertiary/aromatic N) is 2. The highest BCUT2D eigenvalue weighted by molar-refractivity contribution is 8.02.